The van der Waals surface area contributed by atoms with Crippen molar-refractivity contribution in [2.24, 2.45) is 0 Å². The highest BCUT2D eigenvalue weighted by Crippen LogP contribution is 2.31. The average molecular weight is 659 g/mol. The van der Waals surface area contributed by atoms with Crippen LogP contribution in [0.15, 0.2) is 65.6 Å². The van der Waals surface area contributed by atoms with Crippen molar-refractivity contribution in [1.29, 1.82) is 0 Å². The van der Waals surface area contributed by atoms with Crippen LogP contribution in [-0.2, 0) is 26.2 Å². The smallest absolute Gasteiger partial charge is 0.264 e. The van der Waals surface area contributed by atoms with E-state index in [-0.39, 0.29) is 33.2 Å². The first kappa shape index (κ1) is 33.0. The van der Waals surface area contributed by atoms with E-state index in [1.807, 2.05) is 20.8 Å². The van der Waals surface area contributed by atoms with Crippen molar-refractivity contribution in [3.8, 4) is 0 Å². The molecule has 41 heavy (non-hydrogen) atoms. The normalized spacial score (nSPS) is 12.9. The Balaban J connectivity index is 2.08. The summed E-state index contributed by atoms with van der Waals surface area (Å²) in [4.78, 5) is 28.4. The van der Waals surface area contributed by atoms with Crippen molar-refractivity contribution in [2.45, 2.75) is 57.6 Å². The Bertz CT molecular complexity index is 1500. The number of rotatable bonds is 11. The number of benzene rings is 3. The molecule has 0 saturated carbocycles. The third-order valence-electron chi connectivity index (χ3n) is 6.55. The van der Waals surface area contributed by atoms with Crippen LogP contribution in [-0.4, -0.2) is 43.8 Å². The Kier molecular flexibility index (Phi) is 11.4. The molecule has 0 heterocycles. The van der Waals surface area contributed by atoms with E-state index in [0.29, 0.717) is 22.0 Å². The minimum absolute atomic E-state index is 0.0261. The predicted molar refractivity (Wildman–Crippen MR) is 167 cm³/mol. The highest BCUT2D eigenvalue weighted by atomic mass is 35.5. The van der Waals surface area contributed by atoms with E-state index in [1.54, 1.807) is 31.2 Å². The van der Waals surface area contributed by atoms with Crippen molar-refractivity contribution in [3.05, 3.63) is 91.9 Å². The van der Waals surface area contributed by atoms with E-state index in [0.717, 1.165) is 9.87 Å². The van der Waals surface area contributed by atoms with Gasteiger partial charge in [-0.1, -0.05) is 77.1 Å². The van der Waals surface area contributed by atoms with Crippen LogP contribution in [0.1, 0.15) is 38.3 Å². The van der Waals surface area contributed by atoms with Gasteiger partial charge >= 0.3 is 0 Å². The Morgan fingerprint density at radius 3 is 2.05 bits per heavy atom. The molecule has 3 aromatic carbocycles. The second-order valence-electron chi connectivity index (χ2n) is 9.70. The number of nitrogens with zero attached hydrogens (tertiary/aromatic N) is 2. The lowest BCUT2D eigenvalue weighted by Crippen LogP contribution is -2.52. The molecular weight excluding hydrogens is 628 g/mol. The Morgan fingerprint density at radius 2 is 1.49 bits per heavy atom. The molecule has 0 fully saturated rings. The molecule has 0 unspecified atom stereocenters. The zero-order valence-electron chi connectivity index (χ0n) is 23.0. The molecule has 0 aliphatic rings. The van der Waals surface area contributed by atoms with Crippen LogP contribution >= 0.6 is 46.4 Å². The molecule has 7 nitrogen and oxygen atoms in total. The molecule has 0 spiro atoms. The third-order valence-corrected chi connectivity index (χ3v) is 9.36. The van der Waals surface area contributed by atoms with E-state index >= 15 is 0 Å². The molecule has 2 amide bonds. The van der Waals surface area contributed by atoms with Gasteiger partial charge in [0.15, 0.2) is 0 Å². The molecule has 3 rings (SSSR count). The number of hydrogen-bond acceptors (Lipinski definition) is 4. The van der Waals surface area contributed by atoms with Crippen molar-refractivity contribution in [2.75, 3.05) is 10.8 Å². The molecule has 2 atom stereocenters. The van der Waals surface area contributed by atoms with Gasteiger partial charge in [-0.05, 0) is 75.2 Å². The fourth-order valence-corrected chi connectivity index (χ4v) is 6.31. The second-order valence-corrected chi connectivity index (χ2v) is 13.3. The summed E-state index contributed by atoms with van der Waals surface area (Å²) in [5, 5.41) is 3.97. The summed E-state index contributed by atoms with van der Waals surface area (Å²) in [6.07, 6.45) is 0.688. The number of anilines is 1. The number of hydrogen-bond donors (Lipinski definition) is 1. The lowest BCUT2D eigenvalue weighted by molar-refractivity contribution is -0.139. The van der Waals surface area contributed by atoms with Crippen LogP contribution in [0.2, 0.25) is 20.1 Å². The fourth-order valence-electron chi connectivity index (χ4n) is 3.93. The van der Waals surface area contributed by atoms with Crippen LogP contribution in [0, 0.1) is 6.92 Å². The summed E-state index contributed by atoms with van der Waals surface area (Å²) in [5.74, 6) is -1.04. The summed E-state index contributed by atoms with van der Waals surface area (Å²) in [5.41, 5.74) is 1.49. The number of aryl methyl sites for hydroxylation is 1. The SMILES string of the molecule is CC[C@H](C)NC(=O)[C@@H](C)N(Cc1ccc(Cl)cc1Cl)C(=O)CN(c1cc(Cl)cc(Cl)c1)S(=O)(=O)c1ccc(C)cc1. The van der Waals surface area contributed by atoms with E-state index in [9.17, 15) is 18.0 Å². The summed E-state index contributed by atoms with van der Waals surface area (Å²) in [6.45, 7) is 6.48. The van der Waals surface area contributed by atoms with Gasteiger partial charge < -0.3 is 10.2 Å². The lowest BCUT2D eigenvalue weighted by atomic mass is 10.1. The van der Waals surface area contributed by atoms with Gasteiger partial charge in [-0.3, -0.25) is 13.9 Å². The summed E-state index contributed by atoms with van der Waals surface area (Å²) in [6, 6.07) is 14.2. The van der Waals surface area contributed by atoms with E-state index < -0.39 is 34.4 Å². The quantitative estimate of drug-likeness (QED) is 0.237. The van der Waals surface area contributed by atoms with Crippen molar-refractivity contribution in [1.82, 2.24) is 10.2 Å². The van der Waals surface area contributed by atoms with Crippen LogP contribution in [0.5, 0.6) is 0 Å². The number of halogens is 4. The standard InChI is InChI=1S/C29H31Cl4N3O4S/c1-5-19(3)34-29(38)20(4)35(16-21-8-9-22(30)15-27(21)33)28(37)17-36(25-13-23(31)12-24(32)14-25)41(39,40)26-10-6-18(2)7-11-26/h6-15,19-20H,5,16-17H2,1-4H3,(H,34,38)/t19-,20+/m0/s1. The zero-order chi connectivity index (χ0) is 30.5. The van der Waals surface area contributed by atoms with Crippen molar-refractivity contribution < 1.29 is 18.0 Å². The molecule has 0 bridgehead atoms. The Labute approximate surface area is 261 Å². The molecule has 0 aromatic heterocycles. The largest absolute Gasteiger partial charge is 0.352 e. The van der Waals surface area contributed by atoms with Gasteiger partial charge in [-0.2, -0.15) is 0 Å². The van der Waals surface area contributed by atoms with E-state index in [1.165, 1.54) is 41.3 Å². The highest BCUT2D eigenvalue weighted by molar-refractivity contribution is 7.92. The van der Waals surface area contributed by atoms with E-state index in [4.69, 9.17) is 46.4 Å². The number of sulfonamides is 1. The molecule has 1 N–H and O–H groups in total. The molecular formula is C29H31Cl4N3O4S. The van der Waals surface area contributed by atoms with Crippen LogP contribution in [0.4, 0.5) is 5.69 Å². The van der Waals surface area contributed by atoms with Gasteiger partial charge in [-0.15, -0.1) is 0 Å². The first-order valence-electron chi connectivity index (χ1n) is 12.8. The maximum Gasteiger partial charge on any atom is 0.264 e. The number of amides is 2. The van der Waals surface area contributed by atoms with Crippen LogP contribution in [0.25, 0.3) is 0 Å². The third kappa shape index (κ3) is 8.52. The molecule has 12 heteroatoms. The molecule has 0 aliphatic heterocycles. The van der Waals surface area contributed by atoms with Crippen LogP contribution in [0.3, 0.4) is 0 Å². The first-order chi connectivity index (χ1) is 19.2. The van der Waals surface area contributed by atoms with Gasteiger partial charge in [0, 0.05) is 32.7 Å². The number of carbonyl (C=O) groups excluding carboxylic acids is 2. The van der Waals surface area contributed by atoms with Gasteiger partial charge in [-0.25, -0.2) is 8.42 Å². The van der Waals surface area contributed by atoms with E-state index in [2.05, 4.69) is 5.32 Å². The summed E-state index contributed by atoms with van der Waals surface area (Å²) in [7, 11) is -4.26. The van der Waals surface area contributed by atoms with Crippen molar-refractivity contribution >= 4 is 73.9 Å². The Morgan fingerprint density at radius 1 is 0.878 bits per heavy atom. The highest BCUT2D eigenvalue weighted by Gasteiger charge is 2.33. The number of nitrogens with one attached hydrogen (secondary N) is 1. The fraction of sp³-hybridized carbons (Fsp3) is 0.310. The van der Waals surface area contributed by atoms with Crippen molar-refractivity contribution in [3.63, 3.8) is 0 Å². The molecule has 3 aromatic rings. The van der Waals surface area contributed by atoms with Gasteiger partial charge in [0.25, 0.3) is 10.0 Å². The first-order valence-corrected chi connectivity index (χ1v) is 15.8. The predicted octanol–water partition coefficient (Wildman–Crippen LogP) is 7.14. The van der Waals surface area contributed by atoms with Gasteiger partial charge in [0.2, 0.25) is 11.8 Å². The van der Waals surface area contributed by atoms with Gasteiger partial charge in [0.05, 0.1) is 10.6 Å². The zero-order valence-corrected chi connectivity index (χ0v) is 26.8. The maximum absolute atomic E-state index is 14.0. The topological polar surface area (TPSA) is 86.8 Å². The second kappa shape index (κ2) is 14.1. The number of carbonyl (C=O) groups is 2. The average Bonchev–Trinajstić information content (AvgIpc) is 2.90. The van der Waals surface area contributed by atoms with Crippen LogP contribution < -0.4 is 9.62 Å². The maximum atomic E-state index is 14.0. The molecule has 0 aliphatic carbocycles. The van der Waals surface area contributed by atoms with Gasteiger partial charge in [0.1, 0.15) is 12.6 Å². The Hall–Kier alpha value is -2.49. The molecule has 0 saturated heterocycles. The molecule has 220 valence electrons. The lowest BCUT2D eigenvalue weighted by Gasteiger charge is -2.32. The molecule has 0 radical (unpaired) electrons. The summed E-state index contributed by atoms with van der Waals surface area (Å²) < 4.78 is 28.8. The monoisotopic (exact) mass is 657 g/mol. The minimum atomic E-state index is -4.26. The summed E-state index contributed by atoms with van der Waals surface area (Å²) >= 11 is 24.9. The minimum Gasteiger partial charge on any atom is -0.352 e.